The van der Waals surface area contributed by atoms with Crippen LogP contribution in [0.1, 0.15) is 56.6 Å². The maximum atomic E-state index is 12.6. The number of ether oxygens (including phenoxy) is 1. The van der Waals surface area contributed by atoms with Crippen molar-refractivity contribution in [2.24, 2.45) is 0 Å². The van der Waals surface area contributed by atoms with Crippen molar-refractivity contribution in [3.8, 4) is 11.1 Å². The van der Waals surface area contributed by atoms with Crippen LogP contribution in [0.3, 0.4) is 0 Å². The Kier molecular flexibility index (Phi) is 8.28. The van der Waals surface area contributed by atoms with E-state index in [9.17, 15) is 24.6 Å². The highest BCUT2D eigenvalue weighted by atomic mass is 16.5. The molecule has 2 amide bonds. The lowest BCUT2D eigenvalue weighted by atomic mass is 9.98. The fourth-order valence-electron chi connectivity index (χ4n) is 4.23. The van der Waals surface area contributed by atoms with Gasteiger partial charge in [-0.1, -0.05) is 68.3 Å². The van der Waals surface area contributed by atoms with E-state index in [-0.39, 0.29) is 18.9 Å². The van der Waals surface area contributed by atoms with Gasteiger partial charge in [-0.25, -0.2) is 9.59 Å². The number of alkyl carbamates (subject to hydrolysis) is 1. The molecule has 2 aromatic carbocycles. The topological polar surface area (TPSA) is 125 Å². The quantitative estimate of drug-likeness (QED) is 0.400. The molecule has 0 radical (unpaired) electrons. The Labute approximate surface area is 199 Å². The van der Waals surface area contributed by atoms with Gasteiger partial charge in [0.1, 0.15) is 6.61 Å². The van der Waals surface area contributed by atoms with E-state index in [1.54, 1.807) is 0 Å². The van der Waals surface area contributed by atoms with Crippen LogP contribution >= 0.6 is 0 Å². The molecule has 8 nitrogen and oxygen atoms in total. The first-order valence-corrected chi connectivity index (χ1v) is 11.6. The lowest BCUT2D eigenvalue weighted by Crippen LogP contribution is -2.56. The molecule has 0 saturated heterocycles. The molecular formula is C26H32N2O6. The summed E-state index contributed by atoms with van der Waals surface area (Å²) in [5.41, 5.74) is 2.70. The van der Waals surface area contributed by atoms with Gasteiger partial charge in [0, 0.05) is 18.4 Å². The Balaban J connectivity index is 1.62. The van der Waals surface area contributed by atoms with Gasteiger partial charge in [-0.2, -0.15) is 0 Å². The molecule has 0 spiro atoms. The van der Waals surface area contributed by atoms with Gasteiger partial charge in [0.15, 0.2) is 5.54 Å². The molecule has 0 aromatic heterocycles. The molecule has 4 N–H and O–H groups in total. The highest BCUT2D eigenvalue weighted by molar-refractivity contribution is 5.87. The van der Waals surface area contributed by atoms with E-state index in [1.165, 1.54) is 6.92 Å². The van der Waals surface area contributed by atoms with Gasteiger partial charge in [-0.3, -0.25) is 4.79 Å². The molecule has 2 atom stereocenters. The summed E-state index contributed by atoms with van der Waals surface area (Å²) in [4.78, 5) is 36.4. The van der Waals surface area contributed by atoms with E-state index >= 15 is 0 Å². The van der Waals surface area contributed by atoms with Crippen LogP contribution < -0.4 is 10.6 Å². The van der Waals surface area contributed by atoms with Crippen LogP contribution in [-0.4, -0.2) is 53.0 Å². The second-order valence-corrected chi connectivity index (χ2v) is 8.86. The zero-order chi connectivity index (χ0) is 24.7. The van der Waals surface area contributed by atoms with Crippen LogP contribution in [0.4, 0.5) is 4.79 Å². The van der Waals surface area contributed by atoms with Gasteiger partial charge in [0.25, 0.3) is 0 Å². The number of aliphatic carboxylic acids is 1. The molecule has 0 bridgehead atoms. The van der Waals surface area contributed by atoms with Gasteiger partial charge >= 0.3 is 12.1 Å². The average Bonchev–Trinajstić information content (AvgIpc) is 3.14. The zero-order valence-corrected chi connectivity index (χ0v) is 19.5. The Hall–Kier alpha value is -3.39. The Morgan fingerprint density at radius 3 is 2.18 bits per heavy atom. The van der Waals surface area contributed by atoms with Crippen molar-refractivity contribution in [2.75, 3.05) is 13.2 Å². The van der Waals surface area contributed by atoms with Gasteiger partial charge in [0.05, 0.1) is 6.61 Å². The van der Waals surface area contributed by atoms with E-state index < -0.39 is 36.2 Å². The summed E-state index contributed by atoms with van der Waals surface area (Å²) < 4.78 is 5.58. The van der Waals surface area contributed by atoms with Crippen molar-refractivity contribution < 1.29 is 29.3 Å². The minimum atomic E-state index is -1.78. The van der Waals surface area contributed by atoms with Gasteiger partial charge in [-0.05, 0) is 35.6 Å². The van der Waals surface area contributed by atoms with Gasteiger partial charge < -0.3 is 25.6 Å². The summed E-state index contributed by atoms with van der Waals surface area (Å²) in [6.07, 6.45) is 1.44. The molecule has 1 aliphatic carbocycles. The normalized spacial score (nSPS) is 14.9. The number of fused-ring (bicyclic) bond motifs is 3. The number of aliphatic hydroxyl groups excluding tert-OH is 1. The number of aliphatic hydroxyl groups is 1. The fourth-order valence-corrected chi connectivity index (χ4v) is 4.23. The summed E-state index contributed by atoms with van der Waals surface area (Å²) in [5.74, 6) is -1.98. The number of carbonyl (C=O) groups excluding carboxylic acids is 2. The second-order valence-electron chi connectivity index (χ2n) is 8.86. The highest BCUT2D eigenvalue weighted by Crippen LogP contribution is 2.44. The number of carboxylic acids is 1. The number of benzene rings is 2. The van der Waals surface area contributed by atoms with Crippen molar-refractivity contribution in [3.05, 3.63) is 59.7 Å². The van der Waals surface area contributed by atoms with Crippen molar-refractivity contribution in [1.29, 1.82) is 0 Å². The monoisotopic (exact) mass is 468 g/mol. The molecule has 1 unspecified atom stereocenters. The van der Waals surface area contributed by atoms with Crippen molar-refractivity contribution >= 4 is 18.0 Å². The average molecular weight is 469 g/mol. The number of hydrogen-bond donors (Lipinski definition) is 4. The molecule has 2 aromatic rings. The number of carboxylic acid groups (broad SMARTS) is 1. The van der Waals surface area contributed by atoms with E-state index in [2.05, 4.69) is 22.8 Å². The van der Waals surface area contributed by atoms with Crippen molar-refractivity contribution in [3.63, 3.8) is 0 Å². The molecule has 1 aliphatic rings. The molecule has 0 saturated carbocycles. The summed E-state index contributed by atoms with van der Waals surface area (Å²) in [6.45, 7) is 2.65. The fraction of sp³-hybridized carbons (Fsp3) is 0.423. The summed E-state index contributed by atoms with van der Waals surface area (Å²) >= 11 is 0. The molecule has 3 rings (SSSR count). The number of nitrogens with one attached hydrogen (secondary N) is 2. The largest absolute Gasteiger partial charge is 0.479 e. The number of rotatable bonds is 11. The molecule has 8 heteroatoms. The van der Waals surface area contributed by atoms with E-state index in [4.69, 9.17) is 4.74 Å². The third-order valence-electron chi connectivity index (χ3n) is 6.21. The number of unbranched alkanes of at least 4 members (excludes halogenated alkanes) is 1. The molecule has 182 valence electrons. The lowest BCUT2D eigenvalue weighted by molar-refractivity contribution is -0.148. The van der Waals surface area contributed by atoms with Crippen molar-refractivity contribution in [1.82, 2.24) is 10.6 Å². The maximum Gasteiger partial charge on any atom is 0.407 e. The zero-order valence-electron chi connectivity index (χ0n) is 19.5. The van der Waals surface area contributed by atoms with E-state index in [0.29, 0.717) is 6.42 Å². The first-order valence-electron chi connectivity index (χ1n) is 11.6. The molecule has 0 fully saturated rings. The minimum Gasteiger partial charge on any atom is -0.479 e. The third-order valence-corrected chi connectivity index (χ3v) is 6.21. The highest BCUT2D eigenvalue weighted by Gasteiger charge is 2.35. The first-order chi connectivity index (χ1) is 16.3. The van der Waals surface area contributed by atoms with Gasteiger partial charge in [0.2, 0.25) is 5.91 Å². The standard InChI is InChI=1S/C26H32N2O6/c1-3-4-9-17(14-23(30)28-26(2,16-29)24(31)32)27-25(33)34-15-22-20-12-7-5-10-18(20)19-11-6-8-13-21(19)22/h5-8,10-13,17,22,29H,3-4,9,14-16H2,1-2H3,(H,27,33)(H,28,30)(H,31,32)/t17-,26?/m0/s1. The number of hydrogen-bond acceptors (Lipinski definition) is 5. The van der Waals surface area contributed by atoms with Crippen LogP contribution in [-0.2, 0) is 14.3 Å². The van der Waals surface area contributed by atoms with Crippen LogP contribution in [0.2, 0.25) is 0 Å². The molecular weight excluding hydrogens is 436 g/mol. The van der Waals surface area contributed by atoms with Crippen LogP contribution in [0, 0.1) is 0 Å². The molecule has 34 heavy (non-hydrogen) atoms. The predicted octanol–water partition coefficient (Wildman–Crippen LogP) is 3.43. The second kappa shape index (κ2) is 11.2. The lowest BCUT2D eigenvalue weighted by Gasteiger charge is -2.25. The Morgan fingerprint density at radius 2 is 1.65 bits per heavy atom. The Morgan fingerprint density at radius 1 is 1.06 bits per heavy atom. The van der Waals surface area contributed by atoms with Crippen LogP contribution in [0.5, 0.6) is 0 Å². The summed E-state index contributed by atoms with van der Waals surface area (Å²) in [6, 6.07) is 15.6. The van der Waals surface area contributed by atoms with Crippen molar-refractivity contribution in [2.45, 2.75) is 57.0 Å². The van der Waals surface area contributed by atoms with Crippen LogP contribution in [0.15, 0.2) is 48.5 Å². The Bertz CT molecular complexity index is 994. The molecule has 0 heterocycles. The minimum absolute atomic E-state index is 0.0728. The van der Waals surface area contributed by atoms with Crippen LogP contribution in [0.25, 0.3) is 11.1 Å². The third kappa shape index (κ3) is 5.75. The van der Waals surface area contributed by atoms with E-state index in [1.807, 2.05) is 43.3 Å². The summed E-state index contributed by atoms with van der Waals surface area (Å²) in [7, 11) is 0. The number of carbonyl (C=O) groups is 3. The summed E-state index contributed by atoms with van der Waals surface area (Å²) in [5, 5.41) is 23.7. The van der Waals surface area contributed by atoms with Gasteiger partial charge in [-0.15, -0.1) is 0 Å². The predicted molar refractivity (Wildman–Crippen MR) is 127 cm³/mol. The molecule has 0 aliphatic heterocycles. The smallest absolute Gasteiger partial charge is 0.407 e. The first kappa shape index (κ1) is 25.2. The SMILES string of the molecule is CCCC[C@@H](CC(=O)NC(C)(CO)C(=O)O)NC(=O)OCC1c2ccccc2-c2ccccc21. The number of amides is 2. The maximum absolute atomic E-state index is 12.6. The van der Waals surface area contributed by atoms with E-state index in [0.717, 1.165) is 35.1 Å².